The standard InChI is InChI=1S/C22H19ClO5/c1-4-26-21(25)20-12(2)18-16(27-20)9-10-17-19(18)15(24)11-22(3,28-17)13-5-7-14(23)8-6-13/h5-10H,4,11H2,1-3H3/t22-/m0/s1. The SMILES string of the molecule is CCOC(=O)c1oc2ccc3c(c2c1C)C(=O)C[C@@](C)(c1ccc(Cl)cc1)O3. The quantitative estimate of drug-likeness (QED) is 0.548. The molecule has 6 heteroatoms. The van der Waals surface area contributed by atoms with Gasteiger partial charge in [-0.2, -0.15) is 0 Å². The number of hydrogen-bond donors (Lipinski definition) is 0. The van der Waals surface area contributed by atoms with Gasteiger partial charge >= 0.3 is 5.97 Å². The highest BCUT2D eigenvalue weighted by Crippen LogP contribution is 2.44. The number of fused-ring (bicyclic) bond motifs is 3. The van der Waals surface area contributed by atoms with Gasteiger partial charge in [0, 0.05) is 16.0 Å². The molecule has 4 rings (SSSR count). The number of aryl methyl sites for hydroxylation is 1. The highest BCUT2D eigenvalue weighted by atomic mass is 35.5. The Morgan fingerprint density at radius 2 is 1.93 bits per heavy atom. The zero-order valence-corrected chi connectivity index (χ0v) is 16.6. The summed E-state index contributed by atoms with van der Waals surface area (Å²) in [7, 11) is 0. The van der Waals surface area contributed by atoms with Gasteiger partial charge in [0.2, 0.25) is 5.76 Å². The van der Waals surface area contributed by atoms with Crippen LogP contribution in [0, 0.1) is 6.92 Å². The lowest BCUT2D eigenvalue weighted by atomic mass is 9.84. The third-order valence-electron chi connectivity index (χ3n) is 5.08. The molecule has 2 aromatic carbocycles. The van der Waals surface area contributed by atoms with Crippen molar-refractivity contribution in [3.63, 3.8) is 0 Å². The molecule has 0 aliphatic carbocycles. The molecule has 2 heterocycles. The number of halogens is 1. The lowest BCUT2D eigenvalue weighted by Gasteiger charge is -2.35. The fourth-order valence-corrected chi connectivity index (χ4v) is 3.84. The topological polar surface area (TPSA) is 65.7 Å². The van der Waals surface area contributed by atoms with Gasteiger partial charge in [-0.3, -0.25) is 4.79 Å². The summed E-state index contributed by atoms with van der Waals surface area (Å²) < 4.78 is 17.0. The van der Waals surface area contributed by atoms with Gasteiger partial charge in [-0.15, -0.1) is 0 Å². The van der Waals surface area contributed by atoms with Crippen molar-refractivity contribution in [2.24, 2.45) is 0 Å². The van der Waals surface area contributed by atoms with Crippen LogP contribution in [0.4, 0.5) is 0 Å². The first kappa shape index (κ1) is 18.6. The van der Waals surface area contributed by atoms with Crippen LogP contribution in [0.5, 0.6) is 5.75 Å². The molecule has 1 aromatic heterocycles. The van der Waals surface area contributed by atoms with Crippen LogP contribution in [-0.4, -0.2) is 18.4 Å². The Kier molecular flexibility index (Phi) is 4.42. The number of carbonyl (C=O) groups excluding carboxylic acids is 2. The molecule has 0 amide bonds. The first-order valence-electron chi connectivity index (χ1n) is 9.05. The van der Waals surface area contributed by atoms with E-state index in [1.807, 2.05) is 19.1 Å². The highest BCUT2D eigenvalue weighted by molar-refractivity contribution is 6.30. The lowest BCUT2D eigenvalue weighted by molar-refractivity contribution is 0.0487. The fourth-order valence-electron chi connectivity index (χ4n) is 3.71. The molecule has 3 aromatic rings. The minimum atomic E-state index is -0.802. The number of esters is 1. The van der Waals surface area contributed by atoms with Gasteiger partial charge in [-0.1, -0.05) is 23.7 Å². The maximum Gasteiger partial charge on any atom is 0.374 e. The van der Waals surface area contributed by atoms with Crippen LogP contribution in [0.25, 0.3) is 11.0 Å². The Labute approximate surface area is 167 Å². The van der Waals surface area contributed by atoms with Crippen LogP contribution in [0.3, 0.4) is 0 Å². The first-order valence-corrected chi connectivity index (χ1v) is 9.43. The van der Waals surface area contributed by atoms with Gasteiger partial charge in [0.1, 0.15) is 16.9 Å². The first-order chi connectivity index (χ1) is 13.3. The van der Waals surface area contributed by atoms with Gasteiger partial charge in [0.15, 0.2) is 5.78 Å². The number of benzene rings is 2. The molecule has 0 fully saturated rings. The molecule has 28 heavy (non-hydrogen) atoms. The summed E-state index contributed by atoms with van der Waals surface area (Å²) in [5.41, 5.74) is 1.56. The predicted octanol–water partition coefficient (Wildman–Crippen LogP) is 5.45. The maximum atomic E-state index is 13.1. The van der Waals surface area contributed by atoms with Crippen molar-refractivity contribution in [3.05, 3.63) is 63.9 Å². The summed E-state index contributed by atoms with van der Waals surface area (Å²) in [5, 5.41) is 1.22. The van der Waals surface area contributed by atoms with Gasteiger partial charge in [-0.25, -0.2) is 4.79 Å². The van der Waals surface area contributed by atoms with Crippen LogP contribution >= 0.6 is 11.6 Å². The summed E-state index contributed by atoms with van der Waals surface area (Å²) in [6.45, 7) is 5.60. The Morgan fingerprint density at radius 3 is 2.61 bits per heavy atom. The average Bonchev–Trinajstić information content (AvgIpc) is 2.99. The molecule has 0 radical (unpaired) electrons. The van der Waals surface area contributed by atoms with E-state index in [0.717, 1.165) is 5.56 Å². The van der Waals surface area contributed by atoms with Crippen molar-refractivity contribution < 1.29 is 23.5 Å². The van der Waals surface area contributed by atoms with Crippen LogP contribution in [0.1, 0.15) is 52.3 Å². The monoisotopic (exact) mass is 398 g/mol. The second kappa shape index (κ2) is 6.67. The van der Waals surface area contributed by atoms with Gasteiger partial charge in [0.25, 0.3) is 0 Å². The minimum Gasteiger partial charge on any atom is -0.482 e. The molecule has 0 saturated heterocycles. The molecule has 144 valence electrons. The Hall–Kier alpha value is -2.79. The maximum absolute atomic E-state index is 13.1. The number of hydrogen-bond acceptors (Lipinski definition) is 5. The summed E-state index contributed by atoms with van der Waals surface area (Å²) in [5.74, 6) is -0.0201. The van der Waals surface area contributed by atoms with E-state index in [2.05, 4.69) is 0 Å². The van der Waals surface area contributed by atoms with Gasteiger partial charge in [-0.05, 0) is 50.6 Å². The second-order valence-electron chi connectivity index (χ2n) is 7.03. The van der Waals surface area contributed by atoms with Crippen molar-refractivity contribution in [3.8, 4) is 5.75 Å². The molecule has 0 unspecified atom stereocenters. The molecule has 0 saturated carbocycles. The lowest BCUT2D eigenvalue weighted by Crippen LogP contribution is -2.36. The zero-order chi connectivity index (χ0) is 20.1. The number of furan rings is 1. The normalized spacial score (nSPS) is 18.6. The van der Waals surface area contributed by atoms with Gasteiger partial charge in [0.05, 0.1) is 18.6 Å². The molecule has 1 atom stereocenters. The van der Waals surface area contributed by atoms with Crippen molar-refractivity contribution in [1.82, 2.24) is 0 Å². The molecule has 0 N–H and O–H groups in total. The van der Waals surface area contributed by atoms with Crippen molar-refractivity contribution in [2.45, 2.75) is 32.8 Å². The van der Waals surface area contributed by atoms with Crippen LogP contribution in [0.2, 0.25) is 5.02 Å². The largest absolute Gasteiger partial charge is 0.482 e. The van der Waals surface area contributed by atoms with E-state index >= 15 is 0 Å². The predicted molar refractivity (Wildman–Crippen MR) is 105 cm³/mol. The van der Waals surface area contributed by atoms with E-state index in [0.29, 0.717) is 32.9 Å². The molecule has 5 nitrogen and oxygen atoms in total. The number of ether oxygens (including phenoxy) is 2. The van der Waals surface area contributed by atoms with Crippen LogP contribution < -0.4 is 4.74 Å². The molecule has 1 aliphatic rings. The summed E-state index contributed by atoms with van der Waals surface area (Å²) in [4.78, 5) is 25.3. The number of carbonyl (C=O) groups is 2. The number of rotatable bonds is 3. The smallest absolute Gasteiger partial charge is 0.374 e. The van der Waals surface area contributed by atoms with Crippen LogP contribution in [-0.2, 0) is 10.3 Å². The van der Waals surface area contributed by atoms with E-state index in [-0.39, 0.29) is 24.6 Å². The van der Waals surface area contributed by atoms with Gasteiger partial charge < -0.3 is 13.9 Å². The Bertz CT molecular complexity index is 1100. The molecule has 0 spiro atoms. The van der Waals surface area contributed by atoms with Crippen LogP contribution in [0.15, 0.2) is 40.8 Å². The third kappa shape index (κ3) is 2.87. The molecular weight excluding hydrogens is 380 g/mol. The summed E-state index contributed by atoms with van der Waals surface area (Å²) in [6.07, 6.45) is 0.167. The Morgan fingerprint density at radius 1 is 1.21 bits per heavy atom. The van der Waals surface area contributed by atoms with E-state index in [1.165, 1.54) is 0 Å². The molecular formula is C22H19ClO5. The fraction of sp³-hybridized carbons (Fsp3) is 0.273. The third-order valence-corrected chi connectivity index (χ3v) is 5.34. The van der Waals surface area contributed by atoms with E-state index in [9.17, 15) is 9.59 Å². The average molecular weight is 399 g/mol. The Balaban J connectivity index is 1.83. The minimum absolute atomic E-state index is 0.0661. The van der Waals surface area contributed by atoms with Crippen molar-refractivity contribution in [1.29, 1.82) is 0 Å². The number of Topliss-reactive ketones (excluding diaryl/α,β-unsaturated/α-hetero) is 1. The van der Waals surface area contributed by atoms with Crippen molar-refractivity contribution in [2.75, 3.05) is 6.61 Å². The van der Waals surface area contributed by atoms with Crippen molar-refractivity contribution >= 4 is 34.3 Å². The summed E-state index contributed by atoms with van der Waals surface area (Å²) >= 11 is 5.98. The van der Waals surface area contributed by atoms with E-state index in [4.69, 9.17) is 25.5 Å². The van der Waals surface area contributed by atoms with E-state index in [1.54, 1.807) is 38.1 Å². The zero-order valence-electron chi connectivity index (χ0n) is 15.8. The highest BCUT2D eigenvalue weighted by Gasteiger charge is 2.40. The molecule has 0 bridgehead atoms. The summed E-state index contributed by atoms with van der Waals surface area (Å²) in [6, 6.07) is 10.7. The van der Waals surface area contributed by atoms with E-state index < -0.39 is 11.6 Å². The molecule has 1 aliphatic heterocycles. The second-order valence-corrected chi connectivity index (χ2v) is 7.46. The number of ketones is 1.